The number of rotatable bonds is 4. The lowest BCUT2D eigenvalue weighted by Gasteiger charge is -2.26. The van der Waals surface area contributed by atoms with Gasteiger partial charge in [0.2, 0.25) is 0 Å². The fourth-order valence-electron chi connectivity index (χ4n) is 2.06. The molecule has 19 heavy (non-hydrogen) atoms. The van der Waals surface area contributed by atoms with E-state index in [1.54, 1.807) is 18.5 Å². The number of nitriles is 1. The second-order valence-electron chi connectivity index (χ2n) is 4.59. The van der Waals surface area contributed by atoms with Crippen LogP contribution in [0.2, 0.25) is 0 Å². The molecule has 1 aliphatic carbocycles. The topological polar surface area (TPSA) is 74.5 Å². The molecule has 3 rings (SSSR count). The van der Waals surface area contributed by atoms with E-state index in [-0.39, 0.29) is 0 Å². The van der Waals surface area contributed by atoms with Crippen molar-refractivity contribution in [3.63, 3.8) is 0 Å². The average molecular weight is 251 g/mol. The van der Waals surface area contributed by atoms with Crippen LogP contribution in [0.1, 0.15) is 24.2 Å². The predicted octanol–water partition coefficient (Wildman–Crippen LogP) is 1.39. The second kappa shape index (κ2) is 4.75. The maximum Gasteiger partial charge on any atom is 0.192 e. The Bertz CT molecular complexity index is 547. The van der Waals surface area contributed by atoms with E-state index in [1.807, 2.05) is 18.2 Å². The first-order valence-corrected chi connectivity index (χ1v) is 6.22. The zero-order valence-electron chi connectivity index (χ0n) is 10.3. The van der Waals surface area contributed by atoms with Crippen LogP contribution in [0, 0.1) is 11.3 Å². The summed E-state index contributed by atoms with van der Waals surface area (Å²) in [5, 5.41) is 13.1. The van der Waals surface area contributed by atoms with Gasteiger partial charge in [0.1, 0.15) is 6.33 Å². The third kappa shape index (κ3) is 2.18. The fraction of sp³-hybridized carbons (Fsp3) is 0.286. The number of aromatic nitrogens is 3. The lowest BCUT2D eigenvalue weighted by Crippen LogP contribution is -2.45. The number of hydrogen-bond donors (Lipinski definition) is 1. The summed E-state index contributed by atoms with van der Waals surface area (Å²) in [6.07, 6.45) is 6.96. The number of nitrogens with zero attached hydrogens (tertiary/aromatic N) is 4. The summed E-state index contributed by atoms with van der Waals surface area (Å²) < 4.78 is 0. The highest BCUT2D eigenvalue weighted by atomic mass is 15.1. The third-order valence-electron chi connectivity index (χ3n) is 3.18. The average Bonchev–Trinajstić information content (AvgIpc) is 3.31. The van der Waals surface area contributed by atoms with E-state index in [1.165, 1.54) is 6.33 Å². The van der Waals surface area contributed by atoms with Gasteiger partial charge >= 0.3 is 0 Å². The molecule has 1 saturated carbocycles. The molecule has 5 heteroatoms. The SMILES string of the molecule is N#CC(NC1CC1)(c1ccccn1)c1ccncn1. The molecule has 1 fully saturated rings. The van der Waals surface area contributed by atoms with Gasteiger partial charge in [-0.25, -0.2) is 9.97 Å². The van der Waals surface area contributed by atoms with Crippen molar-refractivity contribution in [2.45, 2.75) is 24.4 Å². The Morgan fingerprint density at radius 2 is 2.00 bits per heavy atom. The quantitative estimate of drug-likeness (QED) is 0.888. The summed E-state index contributed by atoms with van der Waals surface area (Å²) in [5.41, 5.74) is 0.310. The summed E-state index contributed by atoms with van der Waals surface area (Å²) in [4.78, 5) is 12.5. The van der Waals surface area contributed by atoms with Gasteiger partial charge in [0.25, 0.3) is 0 Å². The summed E-state index contributed by atoms with van der Waals surface area (Å²) in [7, 11) is 0. The monoisotopic (exact) mass is 251 g/mol. The molecule has 0 aromatic carbocycles. The molecule has 0 radical (unpaired) electrons. The van der Waals surface area contributed by atoms with Gasteiger partial charge in [-0.05, 0) is 31.0 Å². The second-order valence-corrected chi connectivity index (χ2v) is 4.59. The largest absolute Gasteiger partial charge is 0.286 e. The maximum absolute atomic E-state index is 9.75. The summed E-state index contributed by atoms with van der Waals surface area (Å²) in [6, 6.07) is 10.0. The Morgan fingerprint density at radius 1 is 1.16 bits per heavy atom. The van der Waals surface area contributed by atoms with Gasteiger partial charge in [-0.1, -0.05) is 6.07 Å². The first-order valence-electron chi connectivity index (χ1n) is 6.22. The lowest BCUT2D eigenvalue weighted by molar-refractivity contribution is 0.471. The van der Waals surface area contributed by atoms with E-state index >= 15 is 0 Å². The van der Waals surface area contributed by atoms with E-state index in [9.17, 15) is 5.26 Å². The first-order chi connectivity index (χ1) is 9.35. The van der Waals surface area contributed by atoms with E-state index in [0.717, 1.165) is 12.8 Å². The molecule has 0 saturated heterocycles. The summed E-state index contributed by atoms with van der Waals surface area (Å²) in [5.74, 6) is 0. The van der Waals surface area contributed by atoms with Crippen LogP contribution >= 0.6 is 0 Å². The standard InChI is InChI=1S/C14H13N5/c15-9-14(19-11-4-5-11,12-3-1-2-7-17-12)13-6-8-16-10-18-13/h1-3,6-8,10-11,19H,4-5H2. The van der Waals surface area contributed by atoms with Gasteiger partial charge in [-0.15, -0.1) is 0 Å². The number of hydrogen-bond acceptors (Lipinski definition) is 5. The minimum Gasteiger partial charge on any atom is -0.286 e. The van der Waals surface area contributed by atoms with Gasteiger partial charge in [-0.2, -0.15) is 5.26 Å². The molecule has 1 N–H and O–H groups in total. The first kappa shape index (κ1) is 11.8. The van der Waals surface area contributed by atoms with Gasteiger partial charge in [0, 0.05) is 18.4 Å². The number of pyridine rings is 1. The van der Waals surface area contributed by atoms with Gasteiger partial charge in [-0.3, -0.25) is 10.3 Å². The van der Waals surface area contributed by atoms with Gasteiger partial charge in [0.05, 0.1) is 17.5 Å². The van der Waals surface area contributed by atoms with Crippen molar-refractivity contribution in [2.75, 3.05) is 0 Å². The Labute approximate surface area is 111 Å². The van der Waals surface area contributed by atoms with Crippen LogP contribution in [0.5, 0.6) is 0 Å². The van der Waals surface area contributed by atoms with Crippen molar-refractivity contribution in [2.24, 2.45) is 0 Å². The van der Waals surface area contributed by atoms with Crippen LogP contribution in [0.15, 0.2) is 43.0 Å². The molecule has 2 heterocycles. The van der Waals surface area contributed by atoms with Crippen molar-refractivity contribution in [1.82, 2.24) is 20.3 Å². The third-order valence-corrected chi connectivity index (χ3v) is 3.18. The minimum atomic E-state index is -0.995. The molecule has 0 bridgehead atoms. The Balaban J connectivity index is 2.11. The molecule has 0 amide bonds. The highest BCUT2D eigenvalue weighted by molar-refractivity contribution is 5.38. The zero-order valence-corrected chi connectivity index (χ0v) is 10.3. The Morgan fingerprint density at radius 3 is 2.58 bits per heavy atom. The lowest BCUT2D eigenvalue weighted by atomic mass is 9.91. The molecule has 5 nitrogen and oxygen atoms in total. The molecule has 0 spiro atoms. The molecule has 1 atom stereocenters. The maximum atomic E-state index is 9.75. The van der Waals surface area contributed by atoms with E-state index < -0.39 is 5.54 Å². The molecular weight excluding hydrogens is 238 g/mol. The van der Waals surface area contributed by atoms with Crippen molar-refractivity contribution in [1.29, 1.82) is 5.26 Å². The number of nitrogens with one attached hydrogen (secondary N) is 1. The molecular formula is C14H13N5. The molecule has 0 aliphatic heterocycles. The van der Waals surface area contributed by atoms with E-state index in [2.05, 4.69) is 26.3 Å². The van der Waals surface area contributed by atoms with Crippen LogP contribution in [-0.4, -0.2) is 21.0 Å². The van der Waals surface area contributed by atoms with Crippen molar-refractivity contribution >= 4 is 0 Å². The highest BCUT2D eigenvalue weighted by Crippen LogP contribution is 2.31. The van der Waals surface area contributed by atoms with E-state index in [0.29, 0.717) is 17.4 Å². The molecule has 2 aromatic heterocycles. The Hall–Kier alpha value is -2.32. The normalized spacial score (nSPS) is 17.4. The minimum absolute atomic E-state index is 0.358. The van der Waals surface area contributed by atoms with Crippen molar-refractivity contribution in [3.05, 3.63) is 54.4 Å². The van der Waals surface area contributed by atoms with Crippen molar-refractivity contribution < 1.29 is 0 Å². The summed E-state index contributed by atoms with van der Waals surface area (Å²) in [6.45, 7) is 0. The molecule has 2 aromatic rings. The fourth-order valence-corrected chi connectivity index (χ4v) is 2.06. The van der Waals surface area contributed by atoms with Crippen molar-refractivity contribution in [3.8, 4) is 6.07 Å². The molecule has 94 valence electrons. The predicted molar refractivity (Wildman–Crippen MR) is 68.8 cm³/mol. The molecule has 1 aliphatic rings. The van der Waals surface area contributed by atoms with Gasteiger partial charge in [0.15, 0.2) is 5.54 Å². The van der Waals surface area contributed by atoms with Crippen LogP contribution < -0.4 is 5.32 Å². The zero-order chi connectivity index (χ0) is 13.1. The van der Waals surface area contributed by atoms with E-state index in [4.69, 9.17) is 0 Å². The van der Waals surface area contributed by atoms with Crippen LogP contribution in [0.4, 0.5) is 0 Å². The smallest absolute Gasteiger partial charge is 0.192 e. The van der Waals surface area contributed by atoms with Gasteiger partial charge < -0.3 is 0 Å². The summed E-state index contributed by atoms with van der Waals surface area (Å²) >= 11 is 0. The van der Waals surface area contributed by atoms with Crippen LogP contribution in [0.25, 0.3) is 0 Å². The van der Waals surface area contributed by atoms with Crippen LogP contribution in [0.3, 0.4) is 0 Å². The van der Waals surface area contributed by atoms with Crippen LogP contribution in [-0.2, 0) is 5.54 Å². The molecule has 1 unspecified atom stereocenters. The Kier molecular flexibility index (Phi) is 2.94. The highest BCUT2D eigenvalue weighted by Gasteiger charge is 2.41.